The van der Waals surface area contributed by atoms with Crippen molar-refractivity contribution >= 4 is 20.1 Å². The Balaban J connectivity index is 1.58. The monoisotopic (exact) mass is 466 g/mol. The first-order chi connectivity index (χ1) is 16.1. The fourth-order valence-electron chi connectivity index (χ4n) is 3.25. The normalized spacial score (nSPS) is 12.5. The summed E-state index contributed by atoms with van der Waals surface area (Å²) in [4.78, 5) is 9.07. The Morgan fingerprint density at radius 2 is 2.16 bits per heavy atom. The molecule has 0 fully saturated rings. The minimum absolute atomic E-state index is 0.193. The van der Waals surface area contributed by atoms with Crippen molar-refractivity contribution in [2.45, 2.75) is 6.54 Å². The van der Waals surface area contributed by atoms with Crippen molar-refractivity contribution in [2.75, 3.05) is 6.66 Å². The fourth-order valence-corrected chi connectivity index (χ4v) is 4.21. The summed E-state index contributed by atoms with van der Waals surface area (Å²) in [5.74, 6) is 0.339. The standard InChI is InChI=1S/C22H17FN5O2PS/c1-31-30-22-16(15-7-9-32-13-15)11-24-21(25-22)19-10-20(18-6-8-29-27-18)28(26-19)12-14-4-2-3-5-17(14)23/h2-11,13,31H,12H2,1H3/i31D. The van der Waals surface area contributed by atoms with Crippen LogP contribution in [0, 0.1) is 5.82 Å². The van der Waals surface area contributed by atoms with E-state index in [2.05, 4.69) is 20.2 Å². The van der Waals surface area contributed by atoms with Gasteiger partial charge in [0.05, 0.1) is 26.6 Å². The Hall–Kier alpha value is -3.42. The van der Waals surface area contributed by atoms with Crippen molar-refractivity contribution in [3.05, 3.63) is 77.1 Å². The maximum atomic E-state index is 14.3. The van der Waals surface area contributed by atoms with Crippen LogP contribution in [-0.2, 0) is 6.54 Å². The third-order valence-electron chi connectivity index (χ3n) is 4.75. The molecule has 4 aromatic heterocycles. The first kappa shape index (κ1) is 19.3. The Morgan fingerprint density at radius 1 is 1.25 bits per heavy atom. The summed E-state index contributed by atoms with van der Waals surface area (Å²) in [7, 11) is -1.44. The van der Waals surface area contributed by atoms with Gasteiger partial charge in [0, 0.05) is 17.8 Å². The molecule has 7 nitrogen and oxygen atoms in total. The summed E-state index contributed by atoms with van der Waals surface area (Å²) in [5.41, 5.74) is 3.78. The summed E-state index contributed by atoms with van der Waals surface area (Å²) in [6, 6.07) is 12.0. The van der Waals surface area contributed by atoms with E-state index in [0.29, 0.717) is 39.9 Å². The summed E-state index contributed by atoms with van der Waals surface area (Å²) in [5, 5.41) is 12.6. The van der Waals surface area contributed by atoms with Crippen LogP contribution in [0.15, 0.2) is 70.2 Å². The van der Waals surface area contributed by atoms with E-state index in [1.165, 1.54) is 12.3 Å². The van der Waals surface area contributed by atoms with Gasteiger partial charge in [0.25, 0.3) is 0 Å². The molecule has 1 atom stereocenters. The Labute approximate surface area is 190 Å². The number of nitrogens with zero attached hydrogens (tertiary/aromatic N) is 5. The molecule has 4 heterocycles. The van der Waals surface area contributed by atoms with Crippen molar-refractivity contribution in [3.63, 3.8) is 0 Å². The summed E-state index contributed by atoms with van der Waals surface area (Å²) in [6.45, 7) is 1.87. The zero-order valence-electron chi connectivity index (χ0n) is 17.8. The van der Waals surface area contributed by atoms with Crippen molar-refractivity contribution in [1.82, 2.24) is 24.9 Å². The van der Waals surface area contributed by atoms with Crippen LogP contribution in [0.4, 0.5) is 4.39 Å². The highest BCUT2D eigenvalue weighted by Crippen LogP contribution is 2.34. The average Bonchev–Trinajstić information content (AvgIpc) is 3.57. The highest BCUT2D eigenvalue weighted by atomic mass is 32.1. The fraction of sp³-hybridized carbons (Fsp3) is 0.0909. The molecule has 0 aliphatic rings. The smallest absolute Gasteiger partial charge is 0.227 e. The van der Waals surface area contributed by atoms with Gasteiger partial charge in [-0.05, 0) is 41.2 Å². The van der Waals surface area contributed by atoms with E-state index < -0.39 is 8.75 Å². The Bertz CT molecular complexity index is 1380. The molecular formula is C22H17FN5O2PS. The van der Waals surface area contributed by atoms with E-state index in [-0.39, 0.29) is 12.4 Å². The van der Waals surface area contributed by atoms with Gasteiger partial charge in [0.2, 0.25) is 5.88 Å². The van der Waals surface area contributed by atoms with Crippen LogP contribution in [0.1, 0.15) is 5.56 Å². The summed E-state index contributed by atoms with van der Waals surface area (Å²) >= 11 is 1.55. The molecule has 10 heteroatoms. The first-order valence-electron chi connectivity index (χ1n) is 10.1. The number of hydrogen-bond donors (Lipinski definition) is 0. The maximum absolute atomic E-state index is 14.3. The predicted molar refractivity (Wildman–Crippen MR) is 122 cm³/mol. The Morgan fingerprint density at radius 3 is 2.91 bits per heavy atom. The lowest BCUT2D eigenvalue weighted by atomic mass is 10.2. The molecule has 0 saturated carbocycles. The third-order valence-corrected chi connectivity index (χ3v) is 5.79. The molecule has 5 rings (SSSR count). The lowest BCUT2D eigenvalue weighted by molar-refractivity contribution is 0.421. The number of aromatic nitrogens is 5. The van der Waals surface area contributed by atoms with E-state index in [4.69, 9.17) is 10.3 Å². The van der Waals surface area contributed by atoms with Crippen LogP contribution in [0.25, 0.3) is 34.0 Å². The van der Waals surface area contributed by atoms with Crippen molar-refractivity contribution < 1.29 is 13.4 Å². The maximum Gasteiger partial charge on any atom is 0.227 e. The molecule has 0 radical (unpaired) electrons. The largest absolute Gasteiger partial charge is 0.460 e. The van der Waals surface area contributed by atoms with E-state index in [1.807, 2.05) is 16.8 Å². The van der Waals surface area contributed by atoms with Crippen molar-refractivity contribution in [2.24, 2.45) is 0 Å². The van der Waals surface area contributed by atoms with Gasteiger partial charge in [0.1, 0.15) is 24.7 Å². The summed E-state index contributed by atoms with van der Waals surface area (Å²) in [6.07, 6.45) is 3.13. The minimum atomic E-state index is -1.44. The van der Waals surface area contributed by atoms with Crippen LogP contribution in [0.5, 0.6) is 5.88 Å². The molecule has 1 unspecified atom stereocenters. The van der Waals surface area contributed by atoms with Gasteiger partial charge in [-0.2, -0.15) is 21.4 Å². The molecule has 0 aliphatic carbocycles. The van der Waals surface area contributed by atoms with Gasteiger partial charge in [-0.3, -0.25) is 4.68 Å². The molecule has 5 aromatic rings. The predicted octanol–water partition coefficient (Wildman–Crippen LogP) is 5.51. The van der Waals surface area contributed by atoms with Gasteiger partial charge in [0.15, 0.2) is 5.82 Å². The lowest BCUT2D eigenvalue weighted by Gasteiger charge is -2.08. The number of hydrogen-bond acceptors (Lipinski definition) is 7. The molecule has 0 aliphatic heterocycles. The van der Waals surface area contributed by atoms with Crippen LogP contribution in [0.2, 0.25) is 0 Å². The molecule has 0 bridgehead atoms. The second-order valence-electron chi connectivity index (χ2n) is 6.75. The van der Waals surface area contributed by atoms with Gasteiger partial charge in [-0.1, -0.05) is 23.4 Å². The molecular weight excluding hydrogens is 448 g/mol. The second-order valence-corrected chi connectivity index (χ2v) is 8.07. The van der Waals surface area contributed by atoms with E-state index in [1.54, 1.807) is 59.2 Å². The minimum Gasteiger partial charge on any atom is -0.460 e. The summed E-state index contributed by atoms with van der Waals surface area (Å²) < 4.78 is 34.6. The van der Waals surface area contributed by atoms with Crippen LogP contribution >= 0.6 is 20.1 Å². The molecule has 0 N–H and O–H groups in total. The molecule has 32 heavy (non-hydrogen) atoms. The first-order valence-corrected chi connectivity index (χ1v) is 11.8. The molecule has 0 spiro atoms. The number of thiophene rings is 1. The number of rotatable bonds is 7. The molecule has 0 saturated heterocycles. The zero-order chi connectivity index (χ0) is 22.8. The third kappa shape index (κ3) is 4.04. The van der Waals surface area contributed by atoms with Crippen molar-refractivity contribution in [1.29, 1.82) is 1.28 Å². The number of benzene rings is 1. The second kappa shape index (κ2) is 8.98. The van der Waals surface area contributed by atoms with Gasteiger partial charge >= 0.3 is 0 Å². The van der Waals surface area contributed by atoms with Gasteiger partial charge in [-0.15, -0.1) is 0 Å². The van der Waals surface area contributed by atoms with Crippen LogP contribution in [0.3, 0.4) is 0 Å². The zero-order valence-corrected chi connectivity index (χ0v) is 18.6. The lowest BCUT2D eigenvalue weighted by Crippen LogP contribution is -2.06. The van der Waals surface area contributed by atoms with Crippen LogP contribution < -0.4 is 4.52 Å². The van der Waals surface area contributed by atoms with E-state index >= 15 is 0 Å². The quantitative estimate of drug-likeness (QED) is 0.294. The molecule has 0 amide bonds. The Kier molecular flexibility index (Phi) is 5.41. The topological polar surface area (TPSA) is 78.9 Å². The SMILES string of the molecule is [2H]P(C)Oc1nc(-c2cc(-c3ccon3)n(Cc3ccccc3F)n2)ncc1-c1ccsc1. The van der Waals surface area contributed by atoms with Gasteiger partial charge in [-0.25, -0.2) is 9.37 Å². The highest BCUT2D eigenvalue weighted by Gasteiger charge is 2.19. The average molecular weight is 466 g/mol. The molecule has 1 aromatic carbocycles. The van der Waals surface area contributed by atoms with Crippen molar-refractivity contribution in [3.8, 4) is 39.9 Å². The molecule has 160 valence electrons. The van der Waals surface area contributed by atoms with Crippen LogP contribution in [-0.4, -0.2) is 32.8 Å². The van der Waals surface area contributed by atoms with Gasteiger partial charge < -0.3 is 9.05 Å². The van der Waals surface area contributed by atoms with E-state index in [0.717, 1.165) is 5.56 Å². The number of halogens is 1. The highest BCUT2D eigenvalue weighted by molar-refractivity contribution is 7.31. The van der Waals surface area contributed by atoms with E-state index in [9.17, 15) is 4.39 Å².